The van der Waals surface area contributed by atoms with Crippen molar-refractivity contribution < 1.29 is 14.4 Å². The number of aromatic nitrogens is 2. The zero-order valence-electron chi connectivity index (χ0n) is 19.4. The molecule has 0 saturated heterocycles. The summed E-state index contributed by atoms with van der Waals surface area (Å²) in [4.78, 5) is 40.9. The van der Waals surface area contributed by atoms with Crippen LogP contribution in [0, 0.1) is 29.1 Å². The highest BCUT2D eigenvalue weighted by Gasteiger charge is 2.45. The van der Waals surface area contributed by atoms with Crippen molar-refractivity contribution in [3.05, 3.63) is 34.7 Å². The minimum absolute atomic E-state index is 0.000155. The van der Waals surface area contributed by atoms with Crippen LogP contribution in [0.3, 0.4) is 0 Å². The van der Waals surface area contributed by atoms with Crippen molar-refractivity contribution in [3.63, 3.8) is 0 Å². The number of amides is 3. The van der Waals surface area contributed by atoms with Gasteiger partial charge in [-0.05, 0) is 61.5 Å². The second kappa shape index (κ2) is 8.12. The van der Waals surface area contributed by atoms with Gasteiger partial charge in [0.05, 0.1) is 5.02 Å². The van der Waals surface area contributed by atoms with Crippen LogP contribution in [-0.4, -0.2) is 27.3 Å². The molecular formula is C25H30ClN5O3. The van der Waals surface area contributed by atoms with E-state index in [4.69, 9.17) is 23.1 Å². The smallest absolute Gasteiger partial charge is 0.265 e. The number of carbonyl (C=O) groups is 3. The van der Waals surface area contributed by atoms with E-state index < -0.39 is 5.91 Å². The summed E-state index contributed by atoms with van der Waals surface area (Å²) in [6.07, 6.45) is 5.42. The van der Waals surface area contributed by atoms with Gasteiger partial charge in [-0.3, -0.25) is 14.4 Å². The van der Waals surface area contributed by atoms with E-state index in [9.17, 15) is 14.4 Å². The highest BCUT2D eigenvalue weighted by molar-refractivity contribution is 6.33. The minimum atomic E-state index is -0.478. The van der Waals surface area contributed by atoms with Gasteiger partial charge in [0.25, 0.3) is 5.91 Å². The van der Waals surface area contributed by atoms with Crippen LogP contribution >= 0.6 is 11.6 Å². The number of pyridine rings is 1. The molecule has 180 valence electrons. The van der Waals surface area contributed by atoms with Crippen LogP contribution in [0.25, 0.3) is 11.1 Å². The number of nitrogens with zero attached hydrogens (tertiary/aromatic N) is 2. The second-order valence-corrected chi connectivity index (χ2v) is 11.4. The largest absolute Gasteiger partial charge is 0.369 e. The number of hydrogen-bond donors (Lipinski definition) is 3. The Morgan fingerprint density at radius 3 is 2.32 bits per heavy atom. The Labute approximate surface area is 203 Å². The first-order valence-corrected chi connectivity index (χ1v) is 12.2. The standard InChI is InChI=1S/C25H30ClN5O3/c1-25(2)9-20-17(7-19(23(28)33)31(20)11-25)16-8-21(29-10-18(16)26)30-24(34)15-5-12-3-14(22(27)32)4-13(12)6-15/h7-8,10,12-15H,3-6,9,11H2,1-2H3,(H2,27,32)(H2,28,33)(H,29,30,34)/t12-,13+,14-,15+. The zero-order valence-corrected chi connectivity index (χ0v) is 20.2. The van der Waals surface area contributed by atoms with Gasteiger partial charge in [-0.2, -0.15) is 0 Å². The molecule has 0 unspecified atom stereocenters. The van der Waals surface area contributed by atoms with Crippen molar-refractivity contribution in [2.75, 3.05) is 5.32 Å². The molecular weight excluding hydrogens is 454 g/mol. The van der Waals surface area contributed by atoms with Gasteiger partial charge in [-0.15, -0.1) is 0 Å². The molecule has 2 aromatic heterocycles. The molecule has 0 bridgehead atoms. The van der Waals surface area contributed by atoms with E-state index in [1.807, 2.05) is 4.57 Å². The Morgan fingerprint density at radius 1 is 1.06 bits per heavy atom. The van der Waals surface area contributed by atoms with E-state index in [0.717, 1.165) is 43.4 Å². The lowest BCUT2D eigenvalue weighted by atomic mass is 9.89. The Balaban J connectivity index is 1.36. The van der Waals surface area contributed by atoms with Crippen LogP contribution in [0.1, 0.15) is 55.7 Å². The topological polar surface area (TPSA) is 133 Å². The fraction of sp³-hybridized carbons (Fsp3) is 0.520. The number of primary amides is 2. The van der Waals surface area contributed by atoms with Gasteiger partial charge in [0.1, 0.15) is 11.5 Å². The Hall–Kier alpha value is -2.87. The molecule has 2 aliphatic carbocycles. The third-order valence-corrected chi connectivity index (χ3v) is 8.18. The van der Waals surface area contributed by atoms with E-state index in [2.05, 4.69) is 24.1 Å². The first-order chi connectivity index (χ1) is 16.0. The quantitative estimate of drug-likeness (QED) is 0.601. The van der Waals surface area contributed by atoms with E-state index in [0.29, 0.717) is 40.5 Å². The monoisotopic (exact) mass is 483 g/mol. The van der Waals surface area contributed by atoms with Crippen LogP contribution < -0.4 is 16.8 Å². The minimum Gasteiger partial charge on any atom is -0.369 e. The Bertz CT molecular complexity index is 1190. The average Bonchev–Trinajstić information content (AvgIpc) is 3.46. The number of halogens is 1. The van der Waals surface area contributed by atoms with Crippen molar-refractivity contribution in [1.29, 1.82) is 0 Å². The summed E-state index contributed by atoms with van der Waals surface area (Å²) in [5.74, 6) is 0.247. The summed E-state index contributed by atoms with van der Waals surface area (Å²) in [7, 11) is 0. The molecule has 34 heavy (non-hydrogen) atoms. The molecule has 4 atom stereocenters. The lowest BCUT2D eigenvalue weighted by Gasteiger charge is -2.16. The van der Waals surface area contributed by atoms with Gasteiger partial charge >= 0.3 is 0 Å². The maximum atomic E-state index is 13.0. The van der Waals surface area contributed by atoms with Crippen molar-refractivity contribution in [2.45, 2.75) is 52.5 Å². The number of carbonyl (C=O) groups excluding carboxylic acids is 3. The molecule has 3 heterocycles. The van der Waals surface area contributed by atoms with Crippen molar-refractivity contribution in [2.24, 2.45) is 40.6 Å². The molecule has 3 aliphatic rings. The van der Waals surface area contributed by atoms with Crippen LogP contribution in [-0.2, 0) is 22.6 Å². The van der Waals surface area contributed by atoms with E-state index in [-0.39, 0.29) is 29.1 Å². The molecule has 5 rings (SSSR count). The van der Waals surface area contributed by atoms with Crippen molar-refractivity contribution >= 4 is 35.1 Å². The molecule has 5 N–H and O–H groups in total. The van der Waals surface area contributed by atoms with E-state index in [1.54, 1.807) is 12.1 Å². The van der Waals surface area contributed by atoms with Gasteiger partial charge in [0.2, 0.25) is 11.8 Å². The molecule has 1 aliphatic heterocycles. The molecule has 2 aromatic rings. The third-order valence-electron chi connectivity index (χ3n) is 7.88. The number of nitrogens with one attached hydrogen (secondary N) is 1. The van der Waals surface area contributed by atoms with Gasteiger partial charge in [-0.1, -0.05) is 25.4 Å². The molecule has 0 spiro atoms. The normalized spacial score (nSPS) is 26.8. The van der Waals surface area contributed by atoms with E-state index in [1.165, 1.54) is 6.20 Å². The van der Waals surface area contributed by atoms with Crippen LogP contribution in [0.5, 0.6) is 0 Å². The molecule has 2 saturated carbocycles. The SMILES string of the molecule is CC1(C)Cc2c(-c3cc(NC(=O)[C@H]4C[C@H]5C[C@@H](C(N)=O)C[C@H]5C4)ncc3Cl)cc(C(N)=O)n2C1. The molecule has 9 heteroatoms. The van der Waals surface area contributed by atoms with E-state index >= 15 is 0 Å². The average molecular weight is 484 g/mol. The zero-order chi connectivity index (χ0) is 24.4. The summed E-state index contributed by atoms with van der Waals surface area (Å²) in [6, 6.07) is 3.55. The lowest BCUT2D eigenvalue weighted by molar-refractivity contribution is -0.121. The highest BCUT2D eigenvalue weighted by atomic mass is 35.5. The fourth-order valence-electron chi connectivity index (χ4n) is 6.34. The van der Waals surface area contributed by atoms with Crippen molar-refractivity contribution in [3.8, 4) is 11.1 Å². The second-order valence-electron chi connectivity index (χ2n) is 11.0. The molecule has 8 nitrogen and oxygen atoms in total. The number of nitrogens with two attached hydrogens (primary N) is 2. The molecule has 2 fully saturated rings. The number of rotatable bonds is 5. The summed E-state index contributed by atoms with van der Waals surface area (Å²) < 4.78 is 1.98. The van der Waals surface area contributed by atoms with Crippen LogP contribution in [0.2, 0.25) is 5.02 Å². The lowest BCUT2D eigenvalue weighted by Crippen LogP contribution is -2.24. The summed E-state index contributed by atoms with van der Waals surface area (Å²) >= 11 is 6.52. The summed E-state index contributed by atoms with van der Waals surface area (Å²) in [5.41, 5.74) is 14.1. The predicted molar refractivity (Wildman–Crippen MR) is 129 cm³/mol. The van der Waals surface area contributed by atoms with Crippen LogP contribution in [0.15, 0.2) is 18.3 Å². The maximum absolute atomic E-state index is 13.0. The summed E-state index contributed by atoms with van der Waals surface area (Å²) in [5, 5.41) is 3.40. The van der Waals surface area contributed by atoms with Crippen LogP contribution in [0.4, 0.5) is 5.82 Å². The van der Waals surface area contributed by atoms with Gasteiger partial charge < -0.3 is 21.4 Å². The molecule has 0 radical (unpaired) electrons. The number of anilines is 1. The first-order valence-electron chi connectivity index (χ1n) is 11.8. The first kappa shape index (κ1) is 22.9. The van der Waals surface area contributed by atoms with Crippen molar-refractivity contribution in [1.82, 2.24) is 9.55 Å². The predicted octanol–water partition coefficient (Wildman–Crippen LogP) is 3.36. The van der Waals surface area contributed by atoms with Gasteiger partial charge in [0.15, 0.2) is 0 Å². The fourth-order valence-corrected chi connectivity index (χ4v) is 6.54. The van der Waals surface area contributed by atoms with Gasteiger partial charge in [0, 0.05) is 41.4 Å². The summed E-state index contributed by atoms with van der Waals surface area (Å²) in [6.45, 7) is 5.00. The third kappa shape index (κ3) is 3.98. The maximum Gasteiger partial charge on any atom is 0.265 e. The Morgan fingerprint density at radius 2 is 1.71 bits per heavy atom. The highest BCUT2D eigenvalue weighted by Crippen LogP contribution is 2.49. The molecule has 3 amide bonds. The Kier molecular flexibility index (Phi) is 5.47. The number of hydrogen-bond acceptors (Lipinski definition) is 4. The van der Waals surface area contributed by atoms with Gasteiger partial charge in [-0.25, -0.2) is 4.98 Å². The molecule has 0 aromatic carbocycles. The number of fused-ring (bicyclic) bond motifs is 2.